The van der Waals surface area contributed by atoms with Crippen LogP contribution in [0, 0.1) is 11.6 Å². The van der Waals surface area contributed by atoms with Crippen LogP contribution in [-0.4, -0.2) is 129 Å². The first-order chi connectivity index (χ1) is 43.9. The summed E-state index contributed by atoms with van der Waals surface area (Å²) < 4.78 is 49.2. The van der Waals surface area contributed by atoms with Gasteiger partial charge in [-0.2, -0.15) is 0 Å². The van der Waals surface area contributed by atoms with Crippen molar-refractivity contribution in [1.82, 2.24) is 49.5 Å². The van der Waals surface area contributed by atoms with E-state index in [1.54, 1.807) is 49.6 Å². The average molecular weight is 1210 g/mol. The molecule has 4 unspecified atom stereocenters. The molecule has 4 saturated heterocycles. The number of halogens is 2. The fourth-order valence-electron chi connectivity index (χ4n) is 14.5. The maximum atomic E-state index is 16.3. The topological polar surface area (TPSA) is 185 Å². The van der Waals surface area contributed by atoms with Crippen molar-refractivity contribution in [1.29, 1.82) is 0 Å². The van der Waals surface area contributed by atoms with E-state index in [1.165, 1.54) is 12.1 Å². The summed E-state index contributed by atoms with van der Waals surface area (Å²) >= 11 is 0. The van der Waals surface area contributed by atoms with Crippen LogP contribution in [-0.2, 0) is 0 Å². The molecule has 2 amide bonds. The number of aromatic nitrogens is 6. The Kier molecular flexibility index (Phi) is 14.8. The van der Waals surface area contributed by atoms with E-state index in [0.29, 0.717) is 96.6 Å². The minimum Gasteiger partial charge on any atom is -0.451 e. The van der Waals surface area contributed by atoms with Crippen LogP contribution in [0.3, 0.4) is 0 Å². The Hall–Kier alpha value is -9.66. The SMILES string of the molecule is CN1CCCC1CCNC(=O)c1cn2c3c(c(N4CCC(c5cnccn5)C4)c(F)cc3c1=O)Oc1cc3ccccc3cc1-2.CN1CCCC1CCNC(=O)c1cn2c3c(c(N4CCC(c5cnccn5)C4)c(F)cc3c1=O)Oc1cc3ccccc3cc1-2. The van der Waals surface area contributed by atoms with Gasteiger partial charge in [-0.15, -0.1) is 0 Å². The van der Waals surface area contributed by atoms with Crippen LogP contribution in [0.4, 0.5) is 20.2 Å². The van der Waals surface area contributed by atoms with Gasteiger partial charge in [0.2, 0.25) is 10.9 Å². The normalized spacial score (nSPS) is 19.2. The van der Waals surface area contributed by atoms with Crippen LogP contribution >= 0.6 is 0 Å². The monoisotopic (exact) mass is 1210 g/mol. The molecule has 6 aliphatic heterocycles. The molecular weight excluding hydrogens is 1140 g/mol. The molecule has 456 valence electrons. The van der Waals surface area contributed by atoms with Gasteiger partial charge in [-0.05, 0) is 136 Å². The number of fused-ring (bicyclic) bond motifs is 6. The van der Waals surface area contributed by atoms with E-state index in [4.69, 9.17) is 9.47 Å². The molecule has 4 atom stereocenters. The van der Waals surface area contributed by atoms with E-state index in [9.17, 15) is 19.2 Å². The van der Waals surface area contributed by atoms with Gasteiger partial charge in [0.05, 0.1) is 33.5 Å². The second kappa shape index (κ2) is 23.4. The number of rotatable bonds is 12. The molecule has 2 N–H and O–H groups in total. The number of ether oxygens (including phenoxy) is 2. The summed E-state index contributed by atoms with van der Waals surface area (Å²) in [5.41, 5.74) is 3.52. The minimum absolute atomic E-state index is 0.0229. The molecule has 6 aliphatic rings. The van der Waals surface area contributed by atoms with Crippen molar-refractivity contribution < 1.29 is 27.8 Å². The molecule has 20 heteroatoms. The third kappa shape index (κ3) is 10.2. The molecule has 4 fully saturated rings. The lowest BCUT2D eigenvalue weighted by Crippen LogP contribution is -2.34. The Morgan fingerprint density at radius 1 is 0.556 bits per heavy atom. The van der Waals surface area contributed by atoms with E-state index in [1.807, 2.05) is 91.7 Å². The van der Waals surface area contributed by atoms with Gasteiger partial charge in [-0.3, -0.25) is 39.1 Å². The molecule has 4 aromatic heterocycles. The lowest BCUT2D eigenvalue weighted by molar-refractivity contribution is 0.0940. The van der Waals surface area contributed by atoms with Crippen molar-refractivity contribution in [2.45, 2.75) is 75.3 Å². The Morgan fingerprint density at radius 3 is 1.37 bits per heavy atom. The first kappa shape index (κ1) is 56.8. The molecule has 0 aliphatic carbocycles. The molecule has 90 heavy (non-hydrogen) atoms. The van der Waals surface area contributed by atoms with Crippen molar-refractivity contribution in [2.24, 2.45) is 0 Å². The summed E-state index contributed by atoms with van der Waals surface area (Å²) in [7, 11) is 4.20. The number of nitrogens with zero attached hydrogens (tertiary/aromatic N) is 10. The van der Waals surface area contributed by atoms with Gasteiger partial charge in [0.25, 0.3) is 11.8 Å². The fourth-order valence-corrected chi connectivity index (χ4v) is 14.5. The molecular formula is C70H66F2N12O6. The highest BCUT2D eigenvalue weighted by Crippen LogP contribution is 2.51. The zero-order valence-electron chi connectivity index (χ0n) is 50.0. The van der Waals surface area contributed by atoms with E-state index in [2.05, 4.69) is 54.5 Å². The number of pyridine rings is 2. The van der Waals surface area contributed by atoms with E-state index < -0.39 is 34.3 Å². The van der Waals surface area contributed by atoms with E-state index in [0.717, 1.165) is 97.4 Å². The Balaban J connectivity index is 0.000000150. The number of amides is 2. The Labute approximate surface area is 516 Å². The predicted molar refractivity (Wildman–Crippen MR) is 343 cm³/mol. The quantitative estimate of drug-likeness (QED) is 0.118. The lowest BCUT2D eigenvalue weighted by atomic mass is 10.0. The number of hydrogen-bond donors (Lipinski definition) is 2. The number of anilines is 2. The van der Waals surface area contributed by atoms with Gasteiger partial charge in [0.15, 0.2) is 34.6 Å². The highest BCUT2D eigenvalue weighted by atomic mass is 19.1. The number of likely N-dealkylation sites (tertiary alicyclic amines) is 2. The van der Waals surface area contributed by atoms with Crippen LogP contribution in [0.5, 0.6) is 23.0 Å². The van der Waals surface area contributed by atoms with Crippen LogP contribution in [0.15, 0.2) is 144 Å². The van der Waals surface area contributed by atoms with Gasteiger partial charge in [0, 0.05) is 113 Å². The second-order valence-corrected chi connectivity index (χ2v) is 24.7. The number of benzene rings is 6. The van der Waals surface area contributed by atoms with Gasteiger partial charge in [0.1, 0.15) is 33.5 Å². The molecule has 10 aromatic rings. The van der Waals surface area contributed by atoms with Crippen molar-refractivity contribution in [3.05, 3.63) is 189 Å². The predicted octanol–water partition coefficient (Wildman–Crippen LogP) is 10.8. The van der Waals surface area contributed by atoms with Crippen molar-refractivity contribution in [3.8, 4) is 34.4 Å². The molecule has 18 nitrogen and oxygen atoms in total. The number of carbonyl (C=O) groups is 2. The molecule has 0 saturated carbocycles. The van der Waals surface area contributed by atoms with Crippen molar-refractivity contribution >= 4 is 66.5 Å². The van der Waals surface area contributed by atoms with Gasteiger partial charge in [-0.25, -0.2) is 8.78 Å². The van der Waals surface area contributed by atoms with Crippen molar-refractivity contribution in [2.75, 3.05) is 76.3 Å². The molecule has 0 radical (unpaired) electrons. The molecule has 16 rings (SSSR count). The maximum absolute atomic E-state index is 16.3. The van der Waals surface area contributed by atoms with E-state index >= 15 is 8.78 Å². The Morgan fingerprint density at radius 2 is 0.978 bits per heavy atom. The van der Waals surface area contributed by atoms with Crippen LogP contribution in [0.1, 0.15) is 95.3 Å². The molecule has 10 heterocycles. The number of carbonyl (C=O) groups excluding carboxylic acids is 2. The number of hydrogen-bond acceptors (Lipinski definition) is 14. The summed E-state index contributed by atoms with van der Waals surface area (Å²) in [6.07, 6.45) is 21.0. The first-order valence-electron chi connectivity index (χ1n) is 31.2. The summed E-state index contributed by atoms with van der Waals surface area (Å²) in [6, 6.07) is 27.0. The summed E-state index contributed by atoms with van der Waals surface area (Å²) in [6.45, 7) is 5.26. The van der Waals surface area contributed by atoms with Crippen LogP contribution in [0.25, 0.3) is 54.7 Å². The first-order valence-corrected chi connectivity index (χ1v) is 31.2. The van der Waals surface area contributed by atoms with Crippen LogP contribution in [0.2, 0.25) is 0 Å². The van der Waals surface area contributed by atoms with Gasteiger partial charge < -0.3 is 48.8 Å². The second-order valence-electron chi connectivity index (χ2n) is 24.7. The Bertz CT molecular complexity index is 4350. The third-order valence-corrected chi connectivity index (χ3v) is 19.3. The maximum Gasteiger partial charge on any atom is 0.256 e. The summed E-state index contributed by atoms with van der Waals surface area (Å²) in [5.74, 6) is -0.274. The molecule has 0 spiro atoms. The zero-order valence-corrected chi connectivity index (χ0v) is 50.0. The molecule has 6 aromatic carbocycles. The fraction of sp³-hybridized carbons (Fsp3) is 0.314. The third-order valence-electron chi connectivity index (χ3n) is 19.3. The smallest absolute Gasteiger partial charge is 0.256 e. The van der Waals surface area contributed by atoms with Gasteiger partial charge in [-0.1, -0.05) is 48.5 Å². The van der Waals surface area contributed by atoms with Crippen molar-refractivity contribution in [3.63, 3.8) is 0 Å². The van der Waals surface area contributed by atoms with Crippen LogP contribution < -0.4 is 40.8 Å². The summed E-state index contributed by atoms with van der Waals surface area (Å²) in [5, 5.41) is 10.0. The highest BCUT2D eigenvalue weighted by Gasteiger charge is 2.37. The van der Waals surface area contributed by atoms with Gasteiger partial charge >= 0.3 is 0 Å². The summed E-state index contributed by atoms with van der Waals surface area (Å²) in [4.78, 5) is 80.7. The highest BCUT2D eigenvalue weighted by molar-refractivity contribution is 6.04. The minimum atomic E-state index is -0.563. The van der Waals surface area contributed by atoms with E-state index in [-0.39, 0.29) is 45.2 Å². The largest absolute Gasteiger partial charge is 0.451 e. The zero-order chi connectivity index (χ0) is 61.3. The number of nitrogens with one attached hydrogen (secondary N) is 2. The average Bonchev–Trinajstić information content (AvgIpc) is 0.937. The molecule has 0 bridgehead atoms. The standard InChI is InChI=1S/2C35H33FN6O3/c2*1-40-13-4-7-24(40)8-10-39-35(44)26-20-42-29-15-21-5-2-3-6-22(21)16-30(29)45-34-31(42)25(33(26)43)17-27(36)32(34)41-14-9-23(19-41)28-18-37-11-12-38-28/h2*2-3,5-6,11-12,15-18,20,23-24H,4,7-10,13-14,19H2,1H3,(H,39,44). The lowest BCUT2D eigenvalue weighted by Gasteiger charge is -2.29.